The van der Waals surface area contributed by atoms with Gasteiger partial charge in [-0.3, -0.25) is 0 Å². The third-order valence-corrected chi connectivity index (χ3v) is 4.99. The maximum absolute atomic E-state index is 11.2. The molecular weight excluding hydrogens is 272 g/mol. The van der Waals surface area contributed by atoms with Crippen molar-refractivity contribution in [2.24, 2.45) is 23.7 Å². The van der Waals surface area contributed by atoms with Crippen molar-refractivity contribution < 1.29 is 25.5 Å². The molecule has 1 aromatic carbocycles. The third-order valence-electron chi connectivity index (χ3n) is 4.99. The maximum atomic E-state index is 11.2. The Morgan fingerprint density at radius 2 is 1.48 bits per heavy atom. The van der Waals surface area contributed by atoms with Crippen molar-refractivity contribution in [3.05, 3.63) is 35.9 Å². The van der Waals surface area contributed by atoms with Crippen LogP contribution in [0.1, 0.15) is 12.0 Å². The van der Waals surface area contributed by atoms with Gasteiger partial charge in [-0.05, 0) is 29.7 Å². The number of aliphatic hydroxyl groups is 5. The van der Waals surface area contributed by atoms with Crippen molar-refractivity contribution in [2.75, 3.05) is 26.4 Å². The minimum Gasteiger partial charge on any atom is -0.396 e. The van der Waals surface area contributed by atoms with Gasteiger partial charge in [0.25, 0.3) is 0 Å². The largest absolute Gasteiger partial charge is 0.396 e. The molecule has 1 aliphatic rings. The molecule has 0 saturated heterocycles. The van der Waals surface area contributed by atoms with E-state index in [0.717, 1.165) is 0 Å². The van der Waals surface area contributed by atoms with Crippen molar-refractivity contribution in [1.82, 2.24) is 0 Å². The smallest absolute Gasteiger partial charge is 0.0953 e. The van der Waals surface area contributed by atoms with Crippen LogP contribution in [0.2, 0.25) is 0 Å². The first-order valence-electron chi connectivity index (χ1n) is 7.33. The van der Waals surface area contributed by atoms with Crippen LogP contribution in [-0.4, -0.2) is 52.0 Å². The standard InChI is InChI=1S/C16H24O5/c17-7-11-6-16(21,12-4-2-1-3-5-12)15(10-20)14(9-19)13(11)8-18/h1-5,11,13-15,17-21H,6-10H2. The van der Waals surface area contributed by atoms with Gasteiger partial charge >= 0.3 is 0 Å². The molecule has 118 valence electrons. The molecule has 2 rings (SSSR count). The molecule has 0 aromatic heterocycles. The molecule has 1 saturated carbocycles. The second-order valence-corrected chi connectivity index (χ2v) is 5.92. The molecule has 5 heteroatoms. The molecule has 0 bridgehead atoms. The fraction of sp³-hybridized carbons (Fsp3) is 0.625. The van der Waals surface area contributed by atoms with Gasteiger partial charge in [0.1, 0.15) is 0 Å². The Morgan fingerprint density at radius 3 is 1.95 bits per heavy atom. The van der Waals surface area contributed by atoms with Crippen LogP contribution in [0.25, 0.3) is 0 Å². The second-order valence-electron chi connectivity index (χ2n) is 5.92. The molecule has 21 heavy (non-hydrogen) atoms. The predicted molar refractivity (Wildman–Crippen MR) is 77.3 cm³/mol. The van der Waals surface area contributed by atoms with Crippen molar-refractivity contribution in [1.29, 1.82) is 0 Å². The van der Waals surface area contributed by atoms with E-state index >= 15 is 0 Å². The van der Waals surface area contributed by atoms with Gasteiger partial charge in [0.2, 0.25) is 0 Å². The van der Waals surface area contributed by atoms with E-state index in [1.165, 1.54) is 0 Å². The lowest BCUT2D eigenvalue weighted by Crippen LogP contribution is -2.54. The summed E-state index contributed by atoms with van der Waals surface area (Å²) in [5, 5.41) is 49.7. The first-order valence-corrected chi connectivity index (χ1v) is 7.33. The number of hydrogen-bond acceptors (Lipinski definition) is 5. The summed E-state index contributed by atoms with van der Waals surface area (Å²) in [6.45, 7) is -0.889. The SMILES string of the molecule is OCC1CC(O)(c2ccccc2)C(CO)C(CO)C1CO. The quantitative estimate of drug-likeness (QED) is 0.514. The molecule has 0 radical (unpaired) electrons. The van der Waals surface area contributed by atoms with E-state index in [1.54, 1.807) is 12.1 Å². The van der Waals surface area contributed by atoms with Gasteiger partial charge in [-0.15, -0.1) is 0 Å². The average molecular weight is 296 g/mol. The molecule has 1 fully saturated rings. The molecule has 5 unspecified atom stereocenters. The van der Waals surface area contributed by atoms with Gasteiger partial charge in [0.15, 0.2) is 0 Å². The van der Waals surface area contributed by atoms with Crippen molar-refractivity contribution in [3.63, 3.8) is 0 Å². The highest BCUT2D eigenvalue weighted by atomic mass is 16.3. The van der Waals surface area contributed by atoms with Gasteiger partial charge < -0.3 is 25.5 Å². The van der Waals surface area contributed by atoms with E-state index in [9.17, 15) is 25.5 Å². The Bertz CT molecular complexity index is 438. The number of benzene rings is 1. The zero-order chi connectivity index (χ0) is 15.5. The Hall–Kier alpha value is -0.980. The van der Waals surface area contributed by atoms with E-state index in [1.807, 2.05) is 18.2 Å². The summed E-state index contributed by atoms with van der Waals surface area (Å²) in [4.78, 5) is 0. The van der Waals surface area contributed by atoms with Crippen LogP contribution in [0.15, 0.2) is 30.3 Å². The highest BCUT2D eigenvalue weighted by molar-refractivity contribution is 5.25. The normalized spacial score (nSPS) is 36.6. The molecule has 5 N–H and O–H groups in total. The zero-order valence-electron chi connectivity index (χ0n) is 12.0. The Kier molecular flexibility index (Phi) is 5.35. The summed E-state index contributed by atoms with van der Waals surface area (Å²) in [6.07, 6.45) is 0.250. The first kappa shape index (κ1) is 16.4. The molecule has 0 spiro atoms. The lowest BCUT2D eigenvalue weighted by atomic mass is 9.58. The summed E-state index contributed by atoms with van der Waals surface area (Å²) in [7, 11) is 0. The van der Waals surface area contributed by atoms with Gasteiger partial charge in [-0.2, -0.15) is 0 Å². The minimum atomic E-state index is -1.32. The van der Waals surface area contributed by atoms with Gasteiger partial charge in [-0.1, -0.05) is 30.3 Å². The van der Waals surface area contributed by atoms with Gasteiger partial charge in [-0.25, -0.2) is 0 Å². The topological polar surface area (TPSA) is 101 Å². The Labute approximate surface area is 124 Å². The van der Waals surface area contributed by atoms with E-state index < -0.39 is 17.4 Å². The van der Waals surface area contributed by atoms with Crippen LogP contribution < -0.4 is 0 Å². The zero-order valence-corrected chi connectivity index (χ0v) is 12.0. The molecule has 0 aliphatic heterocycles. The summed E-state index contributed by atoms with van der Waals surface area (Å²) in [5.41, 5.74) is -0.653. The highest BCUT2D eigenvalue weighted by Crippen LogP contribution is 2.49. The first-order chi connectivity index (χ1) is 10.1. The van der Waals surface area contributed by atoms with E-state index in [-0.39, 0.29) is 44.7 Å². The second kappa shape index (κ2) is 6.85. The van der Waals surface area contributed by atoms with Crippen molar-refractivity contribution >= 4 is 0 Å². The van der Waals surface area contributed by atoms with Crippen LogP contribution in [0.4, 0.5) is 0 Å². The summed E-state index contributed by atoms with van der Waals surface area (Å²) >= 11 is 0. The lowest BCUT2D eigenvalue weighted by Gasteiger charge is -2.50. The number of rotatable bonds is 5. The number of hydrogen-bond donors (Lipinski definition) is 5. The average Bonchev–Trinajstić information content (AvgIpc) is 2.54. The Morgan fingerprint density at radius 1 is 0.857 bits per heavy atom. The molecule has 5 nitrogen and oxygen atoms in total. The minimum absolute atomic E-state index is 0.172. The van der Waals surface area contributed by atoms with E-state index in [0.29, 0.717) is 5.56 Å². The van der Waals surface area contributed by atoms with Gasteiger partial charge in [0, 0.05) is 32.3 Å². The van der Waals surface area contributed by atoms with E-state index in [4.69, 9.17) is 0 Å². The third kappa shape index (κ3) is 2.84. The molecule has 1 aromatic rings. The molecule has 0 amide bonds. The summed E-state index contributed by atoms with van der Waals surface area (Å²) in [6, 6.07) is 9.02. The Balaban J connectivity index is 2.44. The van der Waals surface area contributed by atoms with Crippen LogP contribution in [0, 0.1) is 23.7 Å². The van der Waals surface area contributed by atoms with E-state index in [2.05, 4.69) is 0 Å². The maximum Gasteiger partial charge on any atom is 0.0953 e. The summed E-state index contributed by atoms with van der Waals surface area (Å²) < 4.78 is 0. The molecule has 5 atom stereocenters. The monoisotopic (exact) mass is 296 g/mol. The predicted octanol–water partition coefficient (Wildman–Crippen LogP) is -0.288. The van der Waals surface area contributed by atoms with Crippen LogP contribution in [0.5, 0.6) is 0 Å². The lowest BCUT2D eigenvalue weighted by molar-refractivity contribution is -0.160. The molecular formula is C16H24O5. The van der Waals surface area contributed by atoms with Crippen molar-refractivity contribution in [2.45, 2.75) is 12.0 Å². The molecule has 0 heterocycles. The molecule has 1 aliphatic carbocycles. The summed E-state index contributed by atoms with van der Waals surface area (Å²) in [5.74, 6) is -1.69. The van der Waals surface area contributed by atoms with Crippen molar-refractivity contribution in [3.8, 4) is 0 Å². The van der Waals surface area contributed by atoms with Crippen LogP contribution >= 0.6 is 0 Å². The fourth-order valence-electron chi connectivity index (χ4n) is 3.80. The van der Waals surface area contributed by atoms with Gasteiger partial charge in [0.05, 0.1) is 5.60 Å². The van der Waals surface area contributed by atoms with Crippen LogP contribution in [0.3, 0.4) is 0 Å². The highest BCUT2D eigenvalue weighted by Gasteiger charge is 2.52. The van der Waals surface area contributed by atoms with Crippen LogP contribution in [-0.2, 0) is 5.60 Å². The fourth-order valence-corrected chi connectivity index (χ4v) is 3.80. The number of aliphatic hydroxyl groups excluding tert-OH is 4.